The molecule has 1 aromatic heterocycles. The van der Waals surface area contributed by atoms with Crippen molar-refractivity contribution in [2.24, 2.45) is 0 Å². The van der Waals surface area contributed by atoms with Crippen molar-refractivity contribution in [3.63, 3.8) is 0 Å². The van der Waals surface area contributed by atoms with E-state index in [-0.39, 0.29) is 11.8 Å². The molecule has 142 valence electrons. The van der Waals surface area contributed by atoms with Gasteiger partial charge in [-0.1, -0.05) is 6.07 Å². The van der Waals surface area contributed by atoms with Gasteiger partial charge in [0.2, 0.25) is 0 Å². The number of rotatable bonds is 8. The van der Waals surface area contributed by atoms with E-state index in [0.717, 1.165) is 18.4 Å². The van der Waals surface area contributed by atoms with Gasteiger partial charge in [0.25, 0.3) is 11.8 Å². The molecular formula is C20H23N3O4. The molecule has 0 spiro atoms. The Hall–Kier alpha value is -2.77. The summed E-state index contributed by atoms with van der Waals surface area (Å²) in [5.74, 6) is -0.409. The summed E-state index contributed by atoms with van der Waals surface area (Å²) in [6, 6.07) is 9.95. The summed E-state index contributed by atoms with van der Waals surface area (Å²) in [6.45, 7) is 0. The van der Waals surface area contributed by atoms with Crippen molar-refractivity contribution in [3.8, 4) is 0 Å². The molecule has 1 aliphatic rings. The molecule has 1 saturated carbocycles. The first-order valence-corrected chi connectivity index (χ1v) is 8.79. The van der Waals surface area contributed by atoms with E-state index >= 15 is 0 Å². The van der Waals surface area contributed by atoms with Crippen LogP contribution in [0.1, 0.15) is 45.2 Å². The highest BCUT2D eigenvalue weighted by Crippen LogP contribution is 2.21. The van der Waals surface area contributed by atoms with Crippen LogP contribution in [-0.4, -0.2) is 43.3 Å². The molecule has 0 saturated heterocycles. The molecular weight excluding hydrogens is 346 g/mol. The third-order valence-electron chi connectivity index (χ3n) is 4.39. The first kappa shape index (κ1) is 19.0. The number of amides is 2. The number of carbonyl (C=O) groups is 2. The zero-order valence-corrected chi connectivity index (χ0v) is 15.3. The van der Waals surface area contributed by atoms with E-state index in [1.165, 1.54) is 14.2 Å². The van der Waals surface area contributed by atoms with Crippen LogP contribution in [0.25, 0.3) is 0 Å². The normalized spacial score (nSPS) is 14.6. The zero-order chi connectivity index (χ0) is 19.2. The number of hydrogen-bond donors (Lipinski definition) is 2. The van der Waals surface area contributed by atoms with Gasteiger partial charge >= 0.3 is 0 Å². The molecule has 1 aromatic carbocycles. The Bertz CT molecular complexity index is 772. The monoisotopic (exact) mass is 369 g/mol. The average molecular weight is 369 g/mol. The second kappa shape index (κ2) is 8.75. The molecule has 2 amide bonds. The van der Waals surface area contributed by atoms with Crippen molar-refractivity contribution in [1.82, 2.24) is 15.6 Å². The van der Waals surface area contributed by atoms with Crippen LogP contribution < -0.4 is 10.6 Å². The number of nitrogens with one attached hydrogen (secondary N) is 2. The van der Waals surface area contributed by atoms with Gasteiger partial charge in [-0.05, 0) is 48.7 Å². The van der Waals surface area contributed by atoms with Gasteiger partial charge in [0.15, 0.2) is 6.29 Å². The minimum absolute atomic E-state index is 0.114. The van der Waals surface area contributed by atoms with E-state index in [9.17, 15) is 9.59 Å². The second-order valence-electron chi connectivity index (χ2n) is 6.40. The summed E-state index contributed by atoms with van der Waals surface area (Å²) in [4.78, 5) is 28.8. The molecule has 1 fully saturated rings. The van der Waals surface area contributed by atoms with Crippen LogP contribution in [0.2, 0.25) is 0 Å². The van der Waals surface area contributed by atoms with Crippen molar-refractivity contribution in [2.75, 3.05) is 14.2 Å². The predicted octanol–water partition coefficient (Wildman–Crippen LogP) is 2.06. The molecule has 1 atom stereocenters. The number of pyridine rings is 1. The Morgan fingerprint density at radius 3 is 2.19 bits per heavy atom. The average Bonchev–Trinajstić information content (AvgIpc) is 3.52. The highest BCUT2D eigenvalue weighted by molar-refractivity contribution is 5.98. The fourth-order valence-corrected chi connectivity index (χ4v) is 2.73. The van der Waals surface area contributed by atoms with Gasteiger partial charge in [-0.2, -0.15) is 0 Å². The highest BCUT2D eigenvalue weighted by Gasteiger charge is 2.26. The van der Waals surface area contributed by atoms with Gasteiger partial charge in [-0.15, -0.1) is 0 Å². The van der Waals surface area contributed by atoms with Crippen molar-refractivity contribution in [3.05, 3.63) is 65.5 Å². The Kier molecular flexibility index (Phi) is 6.16. The molecule has 1 unspecified atom stereocenters. The molecule has 0 radical (unpaired) electrons. The number of carbonyl (C=O) groups excluding carboxylic acids is 2. The van der Waals surface area contributed by atoms with Crippen LogP contribution in [0.15, 0.2) is 48.8 Å². The Morgan fingerprint density at radius 1 is 1.04 bits per heavy atom. The molecule has 2 N–H and O–H groups in total. The van der Waals surface area contributed by atoms with Crippen LogP contribution in [0.3, 0.4) is 0 Å². The Balaban J connectivity index is 1.72. The molecule has 3 rings (SSSR count). The van der Waals surface area contributed by atoms with Crippen molar-refractivity contribution >= 4 is 11.8 Å². The molecule has 27 heavy (non-hydrogen) atoms. The molecule has 7 nitrogen and oxygen atoms in total. The van der Waals surface area contributed by atoms with Crippen LogP contribution in [0, 0.1) is 0 Å². The molecule has 1 aliphatic carbocycles. The summed E-state index contributed by atoms with van der Waals surface area (Å²) in [7, 11) is 3.02. The topological polar surface area (TPSA) is 89.5 Å². The van der Waals surface area contributed by atoms with Crippen LogP contribution >= 0.6 is 0 Å². The molecule has 0 bridgehead atoms. The van der Waals surface area contributed by atoms with Crippen LogP contribution in [0.4, 0.5) is 0 Å². The van der Waals surface area contributed by atoms with Gasteiger partial charge in [0.05, 0.1) is 0 Å². The third-order valence-corrected chi connectivity index (χ3v) is 4.39. The number of benzene rings is 1. The lowest BCUT2D eigenvalue weighted by Crippen LogP contribution is -2.38. The number of nitrogens with zero attached hydrogens (tertiary/aromatic N) is 1. The maximum absolute atomic E-state index is 12.7. The summed E-state index contributed by atoms with van der Waals surface area (Å²) >= 11 is 0. The highest BCUT2D eigenvalue weighted by atomic mass is 16.7. The van der Waals surface area contributed by atoms with Crippen LogP contribution in [-0.2, 0) is 9.47 Å². The van der Waals surface area contributed by atoms with Crippen molar-refractivity contribution in [2.45, 2.75) is 31.2 Å². The SMILES string of the molecule is COC(OC)C(NC(=O)c1ccc(C(=O)NC2CC2)cc1)c1cccnc1. The third kappa shape index (κ3) is 4.90. The number of methoxy groups -OCH3 is 2. The summed E-state index contributed by atoms with van der Waals surface area (Å²) < 4.78 is 10.7. The van der Waals surface area contributed by atoms with E-state index in [2.05, 4.69) is 15.6 Å². The van der Waals surface area contributed by atoms with Gasteiger partial charge < -0.3 is 20.1 Å². The van der Waals surface area contributed by atoms with E-state index < -0.39 is 12.3 Å². The number of hydrogen-bond acceptors (Lipinski definition) is 5. The lowest BCUT2D eigenvalue weighted by Gasteiger charge is -2.26. The van der Waals surface area contributed by atoms with Crippen molar-refractivity contribution in [1.29, 1.82) is 0 Å². The number of ether oxygens (including phenoxy) is 2. The second-order valence-corrected chi connectivity index (χ2v) is 6.40. The smallest absolute Gasteiger partial charge is 0.251 e. The lowest BCUT2D eigenvalue weighted by atomic mass is 10.1. The predicted molar refractivity (Wildman–Crippen MR) is 99.2 cm³/mol. The first-order valence-electron chi connectivity index (χ1n) is 8.79. The minimum atomic E-state index is -0.665. The molecule has 0 aliphatic heterocycles. The molecule has 2 aromatic rings. The standard InChI is InChI=1S/C20H23N3O4/c1-26-20(27-2)17(15-4-3-11-21-12-15)23-19(25)14-7-5-13(6-8-14)18(24)22-16-9-10-16/h3-8,11-12,16-17,20H,9-10H2,1-2H3,(H,22,24)(H,23,25). The molecule has 1 heterocycles. The molecule has 7 heteroatoms. The van der Waals surface area contributed by atoms with E-state index in [1.807, 2.05) is 6.07 Å². The maximum atomic E-state index is 12.7. The Morgan fingerprint density at radius 2 is 1.67 bits per heavy atom. The van der Waals surface area contributed by atoms with E-state index in [1.54, 1.807) is 42.7 Å². The van der Waals surface area contributed by atoms with Crippen molar-refractivity contribution < 1.29 is 19.1 Å². The lowest BCUT2D eigenvalue weighted by molar-refractivity contribution is -0.122. The summed E-state index contributed by atoms with van der Waals surface area (Å²) in [5, 5.41) is 5.84. The minimum Gasteiger partial charge on any atom is -0.353 e. The first-order chi connectivity index (χ1) is 13.1. The fourth-order valence-electron chi connectivity index (χ4n) is 2.73. The largest absolute Gasteiger partial charge is 0.353 e. The number of aromatic nitrogens is 1. The van der Waals surface area contributed by atoms with Gasteiger partial charge in [0.1, 0.15) is 6.04 Å². The summed E-state index contributed by atoms with van der Waals surface area (Å²) in [5.41, 5.74) is 1.74. The maximum Gasteiger partial charge on any atom is 0.251 e. The van der Waals surface area contributed by atoms with Gasteiger partial charge in [-0.3, -0.25) is 14.6 Å². The summed E-state index contributed by atoms with van der Waals surface area (Å²) in [6.07, 6.45) is 4.70. The van der Waals surface area contributed by atoms with E-state index in [0.29, 0.717) is 17.2 Å². The van der Waals surface area contributed by atoms with E-state index in [4.69, 9.17) is 9.47 Å². The Labute approximate surface area is 158 Å². The van der Waals surface area contributed by atoms with Gasteiger partial charge in [-0.25, -0.2) is 0 Å². The zero-order valence-electron chi connectivity index (χ0n) is 15.3. The van der Waals surface area contributed by atoms with Crippen LogP contribution in [0.5, 0.6) is 0 Å². The quantitative estimate of drug-likeness (QED) is 0.695. The van der Waals surface area contributed by atoms with Gasteiger partial charge in [0, 0.05) is 43.8 Å². The fraction of sp³-hybridized carbons (Fsp3) is 0.350.